The minimum absolute atomic E-state index is 0.168. The number of nitrogens with one attached hydrogen (secondary N) is 1. The molecule has 0 spiro atoms. The van der Waals surface area contributed by atoms with Gasteiger partial charge in [-0.3, -0.25) is 4.90 Å². The maximum Gasteiger partial charge on any atom is 0.243 e. The van der Waals surface area contributed by atoms with Gasteiger partial charge in [-0.05, 0) is 49.9 Å². The van der Waals surface area contributed by atoms with Crippen LogP contribution in [0.3, 0.4) is 0 Å². The Morgan fingerprint density at radius 3 is 2.53 bits per heavy atom. The highest BCUT2D eigenvalue weighted by atomic mass is 35.5. The number of sulfonamides is 1. The molecule has 1 aliphatic rings. The van der Waals surface area contributed by atoms with E-state index in [0.717, 1.165) is 28.1 Å². The van der Waals surface area contributed by atoms with Gasteiger partial charge in [0, 0.05) is 38.3 Å². The van der Waals surface area contributed by atoms with E-state index in [1.165, 1.54) is 22.5 Å². The Labute approximate surface area is 202 Å². The molecule has 0 atom stereocenters. The smallest absolute Gasteiger partial charge is 0.243 e. The average Bonchev–Trinajstić information content (AvgIpc) is 3.12. The Bertz CT molecular complexity index is 1240. The van der Waals surface area contributed by atoms with Crippen LogP contribution in [-0.2, 0) is 10.0 Å². The molecule has 1 saturated heterocycles. The van der Waals surface area contributed by atoms with Crippen molar-refractivity contribution in [2.75, 3.05) is 38.0 Å². The number of benzene rings is 1. The number of nitrogens with zero attached hydrogens (tertiary/aromatic N) is 4. The lowest BCUT2D eigenvalue weighted by molar-refractivity contribution is 0.167. The van der Waals surface area contributed by atoms with E-state index in [2.05, 4.69) is 39.4 Å². The van der Waals surface area contributed by atoms with Gasteiger partial charge in [0.2, 0.25) is 10.0 Å². The summed E-state index contributed by atoms with van der Waals surface area (Å²) in [6.45, 7) is 9.17. The summed E-state index contributed by atoms with van der Waals surface area (Å²) in [6.07, 6.45) is 1.59. The van der Waals surface area contributed by atoms with Gasteiger partial charge in [-0.15, -0.1) is 11.3 Å². The number of piperazine rings is 1. The fraction of sp³-hybridized carbons (Fsp3) is 0.429. The number of thiophene rings is 1. The molecule has 1 aromatic carbocycles. The fourth-order valence-electron chi connectivity index (χ4n) is 3.89. The van der Waals surface area contributed by atoms with Crippen molar-refractivity contribution in [2.24, 2.45) is 0 Å². The Morgan fingerprint density at radius 1 is 1.12 bits per heavy atom. The SMILES string of the molecule is Cc1csc2c(NC(C)(C)CN3CCN(S(=O)(=O)c4ccc(Cl)c(Cl)c4)CC3)ncnc12. The lowest BCUT2D eigenvalue weighted by Crippen LogP contribution is -2.53. The number of halogens is 2. The van der Waals surface area contributed by atoms with Crippen molar-refractivity contribution in [3.05, 3.63) is 45.5 Å². The molecule has 0 radical (unpaired) electrons. The van der Waals surface area contributed by atoms with Crippen molar-refractivity contribution >= 4 is 60.6 Å². The van der Waals surface area contributed by atoms with E-state index in [1.54, 1.807) is 17.7 Å². The van der Waals surface area contributed by atoms with E-state index < -0.39 is 10.0 Å². The van der Waals surface area contributed by atoms with Crippen LogP contribution in [0.15, 0.2) is 34.8 Å². The molecule has 1 N–H and O–H groups in total. The molecule has 0 saturated carbocycles. The first-order valence-corrected chi connectivity index (χ1v) is 13.3. The Morgan fingerprint density at radius 2 is 1.84 bits per heavy atom. The van der Waals surface area contributed by atoms with Crippen molar-refractivity contribution < 1.29 is 8.42 Å². The molecule has 172 valence electrons. The molecule has 3 aromatic rings. The summed E-state index contributed by atoms with van der Waals surface area (Å²) in [4.78, 5) is 11.3. The quantitative estimate of drug-likeness (QED) is 0.522. The molecule has 32 heavy (non-hydrogen) atoms. The van der Waals surface area contributed by atoms with Gasteiger partial charge in [-0.1, -0.05) is 23.2 Å². The standard InChI is InChI=1S/C21H25Cl2N5O2S2/c1-14-11-31-19-18(14)24-13-25-20(19)26-21(2,3)12-27-6-8-28(9-7-27)32(29,30)15-4-5-16(22)17(23)10-15/h4-5,10-11,13H,6-9,12H2,1-3H3,(H,24,25,26). The van der Waals surface area contributed by atoms with Crippen molar-refractivity contribution in [1.82, 2.24) is 19.2 Å². The highest BCUT2D eigenvalue weighted by Gasteiger charge is 2.31. The second kappa shape index (κ2) is 9.04. The van der Waals surface area contributed by atoms with E-state index in [4.69, 9.17) is 23.2 Å². The zero-order valence-corrected chi connectivity index (χ0v) is 21.2. The topological polar surface area (TPSA) is 78.4 Å². The molecular formula is C21H25Cl2N5O2S2. The molecule has 0 bridgehead atoms. The highest BCUT2D eigenvalue weighted by Crippen LogP contribution is 2.31. The number of anilines is 1. The monoisotopic (exact) mass is 513 g/mol. The lowest BCUT2D eigenvalue weighted by atomic mass is 10.0. The van der Waals surface area contributed by atoms with Crippen LogP contribution in [0, 0.1) is 6.92 Å². The zero-order valence-electron chi connectivity index (χ0n) is 18.1. The Hall–Kier alpha value is -1.49. The highest BCUT2D eigenvalue weighted by molar-refractivity contribution is 7.89. The zero-order chi connectivity index (χ0) is 23.1. The number of hydrogen-bond donors (Lipinski definition) is 1. The van der Waals surface area contributed by atoms with Crippen molar-refractivity contribution in [3.8, 4) is 0 Å². The van der Waals surface area contributed by atoms with Gasteiger partial charge in [0.15, 0.2) is 0 Å². The first kappa shape index (κ1) is 23.7. The number of aromatic nitrogens is 2. The minimum atomic E-state index is -3.61. The summed E-state index contributed by atoms with van der Waals surface area (Å²) in [7, 11) is -3.61. The summed E-state index contributed by atoms with van der Waals surface area (Å²) in [5.74, 6) is 0.832. The fourth-order valence-corrected chi connectivity index (χ4v) is 6.65. The third kappa shape index (κ3) is 4.88. The number of rotatable bonds is 6. The van der Waals surface area contributed by atoms with Gasteiger partial charge < -0.3 is 5.32 Å². The first-order chi connectivity index (χ1) is 15.1. The van der Waals surface area contributed by atoms with Crippen molar-refractivity contribution in [1.29, 1.82) is 0 Å². The summed E-state index contributed by atoms with van der Waals surface area (Å²) < 4.78 is 28.5. The molecule has 2 aromatic heterocycles. The van der Waals surface area contributed by atoms with E-state index in [0.29, 0.717) is 31.2 Å². The van der Waals surface area contributed by atoms with Gasteiger partial charge in [-0.25, -0.2) is 18.4 Å². The predicted octanol–water partition coefficient (Wildman–Crippen LogP) is 4.50. The molecule has 11 heteroatoms. The maximum absolute atomic E-state index is 13.0. The van der Waals surface area contributed by atoms with Crippen LogP contribution >= 0.6 is 34.5 Å². The third-order valence-electron chi connectivity index (χ3n) is 5.47. The lowest BCUT2D eigenvalue weighted by Gasteiger charge is -2.39. The Kier molecular flexibility index (Phi) is 6.68. The average molecular weight is 515 g/mol. The van der Waals surface area contributed by atoms with Gasteiger partial charge in [0.05, 0.1) is 25.2 Å². The van der Waals surface area contributed by atoms with E-state index in [9.17, 15) is 8.42 Å². The molecule has 0 unspecified atom stereocenters. The summed E-state index contributed by atoms with van der Waals surface area (Å²) in [5.41, 5.74) is 1.86. The normalized spacial score (nSPS) is 16.5. The molecule has 1 fully saturated rings. The van der Waals surface area contributed by atoms with Gasteiger partial charge in [0.25, 0.3) is 0 Å². The molecule has 4 rings (SSSR count). The number of fused-ring (bicyclic) bond motifs is 1. The number of aryl methyl sites for hydroxylation is 1. The van der Waals surface area contributed by atoms with Crippen LogP contribution < -0.4 is 5.32 Å². The molecule has 1 aliphatic heterocycles. The second-order valence-electron chi connectivity index (χ2n) is 8.58. The maximum atomic E-state index is 13.0. The van der Waals surface area contributed by atoms with E-state index in [-0.39, 0.29) is 15.5 Å². The predicted molar refractivity (Wildman–Crippen MR) is 132 cm³/mol. The van der Waals surface area contributed by atoms with Crippen LogP contribution in [0.25, 0.3) is 10.2 Å². The van der Waals surface area contributed by atoms with Gasteiger partial charge in [0.1, 0.15) is 12.1 Å². The second-order valence-corrected chi connectivity index (χ2v) is 12.2. The Balaban J connectivity index is 1.40. The van der Waals surface area contributed by atoms with Gasteiger partial charge >= 0.3 is 0 Å². The summed E-state index contributed by atoms with van der Waals surface area (Å²) >= 11 is 13.6. The summed E-state index contributed by atoms with van der Waals surface area (Å²) in [5, 5.41) is 6.22. The van der Waals surface area contributed by atoms with Crippen molar-refractivity contribution in [3.63, 3.8) is 0 Å². The van der Waals surface area contributed by atoms with E-state index >= 15 is 0 Å². The van der Waals surface area contributed by atoms with Crippen LogP contribution in [0.5, 0.6) is 0 Å². The first-order valence-electron chi connectivity index (χ1n) is 10.2. The van der Waals surface area contributed by atoms with Gasteiger partial charge in [-0.2, -0.15) is 4.31 Å². The number of hydrogen-bond acceptors (Lipinski definition) is 7. The van der Waals surface area contributed by atoms with Crippen LogP contribution in [0.4, 0.5) is 5.82 Å². The minimum Gasteiger partial charge on any atom is -0.363 e. The molecule has 7 nitrogen and oxygen atoms in total. The van der Waals surface area contributed by atoms with Crippen LogP contribution in [-0.4, -0.2) is 65.9 Å². The molecular weight excluding hydrogens is 489 g/mol. The van der Waals surface area contributed by atoms with E-state index in [1.807, 2.05) is 6.92 Å². The molecule has 0 aliphatic carbocycles. The van der Waals surface area contributed by atoms with Crippen LogP contribution in [0.2, 0.25) is 10.0 Å². The molecule has 0 amide bonds. The largest absolute Gasteiger partial charge is 0.363 e. The molecule has 3 heterocycles. The van der Waals surface area contributed by atoms with Crippen LogP contribution in [0.1, 0.15) is 19.4 Å². The summed E-state index contributed by atoms with van der Waals surface area (Å²) in [6, 6.07) is 4.42. The van der Waals surface area contributed by atoms with Crippen molar-refractivity contribution in [2.45, 2.75) is 31.2 Å². The third-order valence-corrected chi connectivity index (χ3v) is 9.19.